The standard InChI is InChI=1S/C14H24F2S2Si2/c1-19(2,3)14(20(4,5)6)10-13(15,16)12(18-14)11-8-7-9-17-11/h7-9,12H,10H2,1-6H3. The summed E-state index contributed by atoms with van der Waals surface area (Å²) in [5, 5.41) is 1.27. The molecule has 0 N–H and O–H groups in total. The van der Waals surface area contributed by atoms with E-state index in [1.54, 1.807) is 11.8 Å². The average Bonchev–Trinajstić information content (AvgIpc) is 2.79. The van der Waals surface area contributed by atoms with Crippen LogP contribution in [0.2, 0.25) is 39.3 Å². The van der Waals surface area contributed by atoms with E-state index in [2.05, 4.69) is 39.3 Å². The van der Waals surface area contributed by atoms with Gasteiger partial charge in [-0.3, -0.25) is 0 Å². The third-order valence-corrected chi connectivity index (χ3v) is 21.0. The summed E-state index contributed by atoms with van der Waals surface area (Å²) >= 11 is 3.10. The monoisotopic (exact) mass is 350 g/mol. The van der Waals surface area contributed by atoms with Crippen molar-refractivity contribution in [2.24, 2.45) is 0 Å². The van der Waals surface area contributed by atoms with Crippen LogP contribution in [0.1, 0.15) is 16.5 Å². The van der Waals surface area contributed by atoms with Crippen molar-refractivity contribution < 1.29 is 8.78 Å². The van der Waals surface area contributed by atoms with Crippen LogP contribution in [0.15, 0.2) is 17.5 Å². The second-order valence-corrected chi connectivity index (χ2v) is 22.1. The van der Waals surface area contributed by atoms with E-state index >= 15 is 0 Å². The van der Waals surface area contributed by atoms with Crippen LogP contribution in [0.4, 0.5) is 8.78 Å². The molecule has 0 amide bonds. The Morgan fingerprint density at radius 2 is 1.65 bits per heavy atom. The second-order valence-electron chi connectivity index (χ2n) is 7.78. The molecule has 1 aromatic rings. The Labute approximate surface area is 131 Å². The molecule has 1 saturated heterocycles. The molecule has 20 heavy (non-hydrogen) atoms. The summed E-state index contributed by atoms with van der Waals surface area (Å²) in [7, 11) is -3.41. The highest BCUT2D eigenvalue weighted by Crippen LogP contribution is 2.65. The fourth-order valence-electron chi connectivity index (χ4n) is 3.47. The lowest BCUT2D eigenvalue weighted by Gasteiger charge is -2.48. The molecule has 0 bridgehead atoms. The quantitative estimate of drug-likeness (QED) is 0.597. The van der Waals surface area contributed by atoms with Gasteiger partial charge in [-0.2, -0.15) is 0 Å². The predicted octanol–water partition coefficient (Wildman–Crippen LogP) is 6.06. The summed E-state index contributed by atoms with van der Waals surface area (Å²) in [6, 6.07) is 3.76. The summed E-state index contributed by atoms with van der Waals surface area (Å²) in [5.74, 6) is -2.57. The largest absolute Gasteiger partial charge is 0.265 e. The average molecular weight is 351 g/mol. The zero-order valence-corrected chi connectivity index (χ0v) is 16.7. The van der Waals surface area contributed by atoms with Crippen molar-refractivity contribution in [1.29, 1.82) is 0 Å². The van der Waals surface area contributed by atoms with Crippen LogP contribution < -0.4 is 0 Å². The van der Waals surface area contributed by atoms with Gasteiger partial charge in [0.05, 0.1) is 16.1 Å². The van der Waals surface area contributed by atoms with E-state index < -0.39 is 27.3 Å². The van der Waals surface area contributed by atoms with Crippen LogP contribution in [0, 0.1) is 0 Å². The van der Waals surface area contributed by atoms with Crippen LogP contribution >= 0.6 is 23.1 Å². The zero-order valence-electron chi connectivity index (χ0n) is 13.1. The first kappa shape index (κ1) is 16.7. The van der Waals surface area contributed by atoms with Gasteiger partial charge in [0.1, 0.15) is 5.25 Å². The molecule has 1 atom stereocenters. The lowest BCUT2D eigenvalue weighted by Crippen LogP contribution is -2.63. The molecule has 1 aliphatic rings. The van der Waals surface area contributed by atoms with Crippen LogP contribution in [0.25, 0.3) is 0 Å². The van der Waals surface area contributed by atoms with Crippen molar-refractivity contribution in [1.82, 2.24) is 0 Å². The maximum Gasteiger partial charge on any atom is 0.265 e. The molecule has 1 aromatic heterocycles. The molecule has 0 radical (unpaired) electrons. The van der Waals surface area contributed by atoms with Crippen LogP contribution in [-0.4, -0.2) is 26.1 Å². The Bertz CT molecular complexity index is 458. The number of thiophene rings is 1. The van der Waals surface area contributed by atoms with Gasteiger partial charge in [0, 0.05) is 15.3 Å². The molecule has 114 valence electrons. The number of alkyl halides is 2. The molecule has 1 aliphatic heterocycles. The molecule has 0 saturated carbocycles. The van der Waals surface area contributed by atoms with Gasteiger partial charge in [-0.25, -0.2) is 8.78 Å². The third kappa shape index (κ3) is 2.57. The minimum absolute atomic E-state index is 0.0820. The van der Waals surface area contributed by atoms with Crippen molar-refractivity contribution in [3.63, 3.8) is 0 Å². The van der Waals surface area contributed by atoms with E-state index in [0.29, 0.717) is 0 Å². The Morgan fingerprint density at radius 1 is 1.10 bits per heavy atom. The van der Waals surface area contributed by atoms with Crippen molar-refractivity contribution in [2.45, 2.75) is 60.9 Å². The van der Waals surface area contributed by atoms with Crippen molar-refractivity contribution in [3.8, 4) is 0 Å². The highest BCUT2D eigenvalue weighted by molar-refractivity contribution is 8.05. The van der Waals surface area contributed by atoms with Gasteiger partial charge in [0.2, 0.25) is 0 Å². The van der Waals surface area contributed by atoms with Gasteiger partial charge < -0.3 is 0 Å². The zero-order chi connectivity index (χ0) is 15.4. The first-order chi connectivity index (χ1) is 8.91. The molecule has 0 nitrogen and oxygen atoms in total. The van der Waals surface area contributed by atoms with Crippen LogP contribution in [-0.2, 0) is 0 Å². The summed E-state index contributed by atoms with van der Waals surface area (Å²) in [6.07, 6.45) is 0.0820. The maximum absolute atomic E-state index is 14.8. The number of thioether (sulfide) groups is 1. The van der Waals surface area contributed by atoms with E-state index in [1.807, 2.05) is 17.5 Å². The number of hydrogen-bond acceptors (Lipinski definition) is 2. The Hall–Kier alpha value is 0.344. The molecule has 0 aromatic carbocycles. The summed E-state index contributed by atoms with van der Waals surface area (Å²) in [5.41, 5.74) is 0. The van der Waals surface area contributed by atoms with E-state index in [9.17, 15) is 8.78 Å². The van der Waals surface area contributed by atoms with Gasteiger partial charge >= 0.3 is 0 Å². The van der Waals surface area contributed by atoms with Crippen LogP contribution in [0.3, 0.4) is 0 Å². The van der Waals surface area contributed by atoms with E-state index in [-0.39, 0.29) is 10.4 Å². The van der Waals surface area contributed by atoms with E-state index in [0.717, 1.165) is 4.88 Å². The number of hydrogen-bond donors (Lipinski definition) is 0. The minimum Gasteiger partial charge on any atom is -0.205 e. The lowest BCUT2D eigenvalue weighted by atomic mass is 10.1. The smallest absolute Gasteiger partial charge is 0.205 e. The topological polar surface area (TPSA) is 0 Å². The molecule has 2 heterocycles. The van der Waals surface area contributed by atoms with Gasteiger partial charge in [0.15, 0.2) is 0 Å². The Kier molecular flexibility index (Phi) is 4.12. The van der Waals surface area contributed by atoms with Crippen molar-refractivity contribution >= 4 is 39.2 Å². The fraction of sp³-hybridized carbons (Fsp3) is 0.714. The predicted molar refractivity (Wildman–Crippen MR) is 93.6 cm³/mol. The molecule has 2 rings (SSSR count). The first-order valence-corrected chi connectivity index (χ1v) is 15.8. The maximum atomic E-state index is 14.8. The Morgan fingerprint density at radius 3 is 2.00 bits per heavy atom. The summed E-state index contributed by atoms with van der Waals surface area (Å²) < 4.78 is 29.4. The lowest BCUT2D eigenvalue weighted by molar-refractivity contribution is -0.000506. The van der Waals surface area contributed by atoms with Gasteiger partial charge in [0.25, 0.3) is 5.92 Å². The van der Waals surface area contributed by atoms with E-state index in [1.165, 1.54) is 11.3 Å². The van der Waals surface area contributed by atoms with Gasteiger partial charge in [-0.1, -0.05) is 45.3 Å². The van der Waals surface area contributed by atoms with E-state index in [4.69, 9.17) is 0 Å². The molecule has 1 fully saturated rings. The fourth-order valence-corrected chi connectivity index (χ4v) is 19.7. The molecule has 0 spiro atoms. The molecule has 0 aliphatic carbocycles. The highest BCUT2D eigenvalue weighted by Gasteiger charge is 2.66. The second kappa shape index (κ2) is 4.93. The normalized spacial score (nSPS) is 25.9. The molecule has 6 heteroatoms. The van der Waals surface area contributed by atoms with Gasteiger partial charge in [-0.05, 0) is 11.4 Å². The Balaban J connectivity index is 2.49. The SMILES string of the molecule is C[Si](C)(C)C1([Si](C)(C)C)CC(F)(F)C(c2cccs2)S1. The minimum atomic E-state index is -2.57. The molecule has 1 unspecified atom stereocenters. The van der Waals surface area contributed by atoms with Crippen molar-refractivity contribution in [3.05, 3.63) is 22.4 Å². The summed E-state index contributed by atoms with van der Waals surface area (Å²) in [4.78, 5) is 0.846. The highest BCUT2D eigenvalue weighted by atomic mass is 32.2. The molecular weight excluding hydrogens is 326 g/mol. The molecular formula is C14H24F2S2Si2. The number of rotatable bonds is 3. The number of halogens is 2. The van der Waals surface area contributed by atoms with Gasteiger partial charge in [-0.15, -0.1) is 23.1 Å². The summed E-state index contributed by atoms with van der Waals surface area (Å²) in [6.45, 7) is 13.6. The third-order valence-electron chi connectivity index (χ3n) is 4.41. The van der Waals surface area contributed by atoms with Crippen molar-refractivity contribution in [2.75, 3.05) is 0 Å². The first-order valence-electron chi connectivity index (χ1n) is 7.00. The van der Waals surface area contributed by atoms with Crippen LogP contribution in [0.5, 0.6) is 0 Å².